The third-order valence-corrected chi connectivity index (χ3v) is 4.32. The molecule has 1 saturated carbocycles. The number of nitrogens with two attached hydrogens (primary N) is 1. The zero-order valence-corrected chi connectivity index (χ0v) is 12.6. The molecule has 0 radical (unpaired) electrons. The van der Waals surface area contributed by atoms with Crippen LogP contribution >= 0.6 is 15.9 Å². The Labute approximate surface area is 125 Å². The lowest BCUT2D eigenvalue weighted by atomic mass is 9.83. The van der Waals surface area contributed by atoms with Crippen molar-refractivity contribution in [1.82, 2.24) is 5.32 Å². The van der Waals surface area contributed by atoms with Crippen molar-refractivity contribution in [1.29, 1.82) is 0 Å². The fraction of sp³-hybridized carbons (Fsp3) is 0.538. The van der Waals surface area contributed by atoms with E-state index < -0.39 is 6.04 Å². The molecule has 4 N–H and O–H groups in total. The molecule has 0 spiro atoms. The largest absolute Gasteiger partial charge is 0.457 e. The second kappa shape index (κ2) is 6.78. The van der Waals surface area contributed by atoms with Crippen molar-refractivity contribution in [3.05, 3.63) is 22.6 Å². The van der Waals surface area contributed by atoms with Gasteiger partial charge in [-0.15, -0.1) is 0 Å². The van der Waals surface area contributed by atoms with Gasteiger partial charge in [0, 0.05) is 0 Å². The van der Waals surface area contributed by atoms with Crippen molar-refractivity contribution in [3.63, 3.8) is 0 Å². The van der Waals surface area contributed by atoms with Crippen LogP contribution in [0.15, 0.2) is 26.6 Å². The molecule has 0 aromatic carbocycles. The van der Waals surface area contributed by atoms with Crippen molar-refractivity contribution in [2.45, 2.75) is 38.1 Å². The number of amidine groups is 1. The van der Waals surface area contributed by atoms with Crippen LogP contribution in [-0.2, 0) is 0 Å². The van der Waals surface area contributed by atoms with Gasteiger partial charge in [0.1, 0.15) is 0 Å². The monoisotopic (exact) mass is 343 g/mol. The van der Waals surface area contributed by atoms with E-state index in [1.165, 1.54) is 12.7 Å². The number of rotatable bonds is 4. The van der Waals surface area contributed by atoms with Gasteiger partial charge in [0.05, 0.1) is 17.9 Å². The van der Waals surface area contributed by atoms with E-state index in [0.29, 0.717) is 10.2 Å². The molecule has 0 aliphatic heterocycles. The molecular weight excluding hydrogens is 326 g/mol. The highest BCUT2D eigenvalue weighted by molar-refractivity contribution is 9.10. The Kier molecular flexibility index (Phi) is 5.05. The van der Waals surface area contributed by atoms with E-state index in [4.69, 9.17) is 15.4 Å². The minimum atomic E-state index is -0.449. The van der Waals surface area contributed by atoms with Crippen LogP contribution in [0.2, 0.25) is 0 Å². The highest BCUT2D eigenvalue weighted by Gasteiger charge is 2.29. The molecular formula is C13H18BrN3O3. The number of amides is 1. The minimum Gasteiger partial charge on any atom is -0.457 e. The molecule has 1 aromatic heterocycles. The Bertz CT molecular complexity index is 495. The second-order valence-electron chi connectivity index (χ2n) is 4.98. The number of nitrogens with zero attached hydrogens (tertiary/aromatic N) is 1. The lowest BCUT2D eigenvalue weighted by molar-refractivity contribution is 0.0928. The van der Waals surface area contributed by atoms with Crippen LogP contribution in [0.25, 0.3) is 0 Å². The van der Waals surface area contributed by atoms with Crippen LogP contribution < -0.4 is 11.1 Å². The molecule has 1 aliphatic carbocycles. The first-order valence-corrected chi connectivity index (χ1v) is 7.44. The molecule has 1 unspecified atom stereocenters. The van der Waals surface area contributed by atoms with Crippen molar-refractivity contribution in [2.24, 2.45) is 16.8 Å². The molecule has 1 heterocycles. The number of nitrogens with one attached hydrogen (secondary N) is 1. The van der Waals surface area contributed by atoms with Gasteiger partial charge in [0.15, 0.2) is 10.5 Å². The maximum absolute atomic E-state index is 12.2. The van der Waals surface area contributed by atoms with Crippen molar-refractivity contribution in [2.75, 3.05) is 0 Å². The van der Waals surface area contributed by atoms with Gasteiger partial charge in [-0.2, -0.15) is 0 Å². The summed E-state index contributed by atoms with van der Waals surface area (Å²) in [4.78, 5) is 12.2. The number of oxime groups is 1. The summed E-state index contributed by atoms with van der Waals surface area (Å²) in [5.41, 5.74) is 6.14. The van der Waals surface area contributed by atoms with E-state index in [1.54, 1.807) is 6.07 Å². The number of halogens is 1. The zero-order chi connectivity index (χ0) is 14.5. The molecule has 110 valence electrons. The predicted octanol–water partition coefficient (Wildman–Crippen LogP) is 2.47. The average Bonchev–Trinajstić information content (AvgIpc) is 2.91. The summed E-state index contributed by atoms with van der Waals surface area (Å²) < 4.78 is 5.42. The Hall–Kier alpha value is -1.50. The summed E-state index contributed by atoms with van der Waals surface area (Å²) in [6.45, 7) is 0. The second-order valence-corrected chi connectivity index (χ2v) is 5.70. The third-order valence-electron chi connectivity index (χ3n) is 3.70. The summed E-state index contributed by atoms with van der Waals surface area (Å²) in [6.07, 6.45) is 6.76. The Balaban J connectivity index is 2.11. The van der Waals surface area contributed by atoms with Gasteiger partial charge in [-0.3, -0.25) is 4.79 Å². The summed E-state index contributed by atoms with van der Waals surface area (Å²) >= 11 is 3.17. The molecule has 1 aliphatic rings. The average molecular weight is 344 g/mol. The molecule has 0 bridgehead atoms. The van der Waals surface area contributed by atoms with Gasteiger partial charge in [0.2, 0.25) is 0 Å². The summed E-state index contributed by atoms with van der Waals surface area (Å²) in [5, 5.41) is 14.8. The van der Waals surface area contributed by atoms with E-state index in [0.717, 1.165) is 25.7 Å². The first-order valence-electron chi connectivity index (χ1n) is 6.64. The van der Waals surface area contributed by atoms with Gasteiger partial charge in [0.25, 0.3) is 5.91 Å². The van der Waals surface area contributed by atoms with Crippen LogP contribution in [0, 0.1) is 5.92 Å². The van der Waals surface area contributed by atoms with Crippen molar-refractivity contribution < 1.29 is 14.4 Å². The lowest BCUT2D eigenvalue weighted by Gasteiger charge is -2.29. The zero-order valence-electron chi connectivity index (χ0n) is 11.0. The van der Waals surface area contributed by atoms with Crippen LogP contribution in [0.1, 0.15) is 42.5 Å². The number of carbonyl (C=O) groups is 1. The van der Waals surface area contributed by atoms with Crippen LogP contribution in [0.3, 0.4) is 0 Å². The van der Waals surface area contributed by atoms with Gasteiger partial charge in [-0.25, -0.2) is 0 Å². The summed E-state index contributed by atoms with van der Waals surface area (Å²) in [5.74, 6) is -0.0491. The first-order chi connectivity index (χ1) is 9.63. The quantitative estimate of drug-likeness (QED) is 0.338. The first kappa shape index (κ1) is 14.9. The fourth-order valence-corrected chi connectivity index (χ4v) is 3.06. The van der Waals surface area contributed by atoms with Gasteiger partial charge in [-0.1, -0.05) is 24.4 Å². The Morgan fingerprint density at radius 1 is 1.50 bits per heavy atom. The van der Waals surface area contributed by atoms with Crippen LogP contribution in [0.4, 0.5) is 0 Å². The SMILES string of the molecule is N/C(=N/O)C(NC(=O)c1ccoc1Br)C1CCCCC1. The summed E-state index contributed by atoms with van der Waals surface area (Å²) in [7, 11) is 0. The van der Waals surface area contributed by atoms with E-state index in [1.807, 2.05) is 0 Å². The lowest BCUT2D eigenvalue weighted by Crippen LogP contribution is -2.49. The number of furan rings is 1. The molecule has 1 fully saturated rings. The van der Waals surface area contributed by atoms with Crippen molar-refractivity contribution >= 4 is 27.7 Å². The smallest absolute Gasteiger partial charge is 0.256 e. The van der Waals surface area contributed by atoms with Gasteiger partial charge in [-0.05, 0) is 40.8 Å². The summed E-state index contributed by atoms with van der Waals surface area (Å²) in [6, 6.07) is 1.12. The minimum absolute atomic E-state index is 0.0462. The number of carbonyl (C=O) groups excluding carboxylic acids is 1. The fourth-order valence-electron chi connectivity index (χ4n) is 2.64. The molecule has 0 saturated heterocycles. The van der Waals surface area contributed by atoms with E-state index in [-0.39, 0.29) is 17.7 Å². The Morgan fingerprint density at radius 3 is 2.75 bits per heavy atom. The third kappa shape index (κ3) is 3.33. The number of hydrogen-bond acceptors (Lipinski definition) is 4. The molecule has 1 atom stereocenters. The normalized spacial score (nSPS) is 18.8. The van der Waals surface area contributed by atoms with Crippen molar-refractivity contribution in [3.8, 4) is 0 Å². The topological polar surface area (TPSA) is 101 Å². The molecule has 20 heavy (non-hydrogen) atoms. The molecule has 7 heteroatoms. The van der Waals surface area contributed by atoms with E-state index >= 15 is 0 Å². The molecule has 1 aromatic rings. The molecule has 2 rings (SSSR count). The predicted molar refractivity (Wildman–Crippen MR) is 77.6 cm³/mol. The Morgan fingerprint density at radius 2 is 2.20 bits per heavy atom. The van der Waals surface area contributed by atoms with Crippen LogP contribution in [-0.4, -0.2) is 23.0 Å². The standard InChI is InChI=1S/C13H18BrN3O3/c14-11-9(6-7-20-11)13(18)16-10(12(15)17-19)8-4-2-1-3-5-8/h6-8,10,19H,1-5H2,(H2,15,17)(H,16,18). The number of hydrogen-bond donors (Lipinski definition) is 3. The maximum atomic E-state index is 12.2. The molecule has 6 nitrogen and oxygen atoms in total. The van der Waals surface area contributed by atoms with Gasteiger partial charge >= 0.3 is 0 Å². The highest BCUT2D eigenvalue weighted by Crippen LogP contribution is 2.27. The maximum Gasteiger partial charge on any atom is 0.256 e. The highest BCUT2D eigenvalue weighted by atomic mass is 79.9. The van der Waals surface area contributed by atoms with E-state index in [9.17, 15) is 4.79 Å². The van der Waals surface area contributed by atoms with Gasteiger partial charge < -0.3 is 20.7 Å². The van der Waals surface area contributed by atoms with E-state index in [2.05, 4.69) is 26.4 Å². The van der Waals surface area contributed by atoms with Crippen LogP contribution in [0.5, 0.6) is 0 Å². The molecule has 1 amide bonds.